The van der Waals surface area contributed by atoms with Gasteiger partial charge in [0, 0.05) is 5.56 Å². The van der Waals surface area contributed by atoms with Crippen molar-refractivity contribution in [3.05, 3.63) is 69.5 Å². The third kappa shape index (κ3) is 3.64. The standard InChI is InChI=1S/C16H9Cl2FN2O/c17-12-5-3-7-14(15(12)18)21-16(22)11(9-20)8-10-4-1-2-6-13(10)19/h1-8H,(H,21,22)/b11-8-. The summed E-state index contributed by atoms with van der Waals surface area (Å²) in [5.74, 6) is -1.22. The molecule has 0 aromatic heterocycles. The molecule has 22 heavy (non-hydrogen) atoms. The zero-order chi connectivity index (χ0) is 16.1. The Hall–Kier alpha value is -2.35. The number of amides is 1. The predicted molar refractivity (Wildman–Crippen MR) is 85.1 cm³/mol. The van der Waals surface area contributed by atoms with Crippen LogP contribution >= 0.6 is 23.2 Å². The first-order valence-electron chi connectivity index (χ1n) is 6.14. The van der Waals surface area contributed by atoms with E-state index < -0.39 is 11.7 Å². The summed E-state index contributed by atoms with van der Waals surface area (Å²) in [4.78, 5) is 12.1. The van der Waals surface area contributed by atoms with Gasteiger partial charge in [-0.05, 0) is 24.3 Å². The van der Waals surface area contributed by atoms with Gasteiger partial charge in [-0.25, -0.2) is 4.39 Å². The van der Waals surface area contributed by atoms with E-state index in [1.165, 1.54) is 24.3 Å². The van der Waals surface area contributed by atoms with Gasteiger partial charge in [0.1, 0.15) is 17.5 Å². The van der Waals surface area contributed by atoms with E-state index >= 15 is 0 Å². The molecule has 0 heterocycles. The summed E-state index contributed by atoms with van der Waals surface area (Å²) in [6, 6.07) is 12.3. The fourth-order valence-corrected chi connectivity index (χ4v) is 2.03. The van der Waals surface area contributed by atoms with Gasteiger partial charge >= 0.3 is 0 Å². The van der Waals surface area contributed by atoms with Crippen LogP contribution in [0.2, 0.25) is 10.0 Å². The topological polar surface area (TPSA) is 52.9 Å². The van der Waals surface area contributed by atoms with Gasteiger partial charge in [0.15, 0.2) is 0 Å². The van der Waals surface area contributed by atoms with E-state index in [1.807, 2.05) is 0 Å². The number of benzene rings is 2. The molecule has 1 N–H and O–H groups in total. The highest BCUT2D eigenvalue weighted by Gasteiger charge is 2.13. The van der Waals surface area contributed by atoms with E-state index in [-0.39, 0.29) is 26.9 Å². The quantitative estimate of drug-likeness (QED) is 0.654. The van der Waals surface area contributed by atoms with Gasteiger partial charge in [0.2, 0.25) is 0 Å². The summed E-state index contributed by atoms with van der Waals surface area (Å²) in [5, 5.41) is 12.0. The van der Waals surface area contributed by atoms with Gasteiger partial charge < -0.3 is 5.32 Å². The zero-order valence-corrected chi connectivity index (χ0v) is 12.6. The molecular formula is C16H9Cl2FN2O. The number of nitrogens with zero attached hydrogens (tertiary/aromatic N) is 1. The first kappa shape index (κ1) is 16.0. The highest BCUT2D eigenvalue weighted by atomic mass is 35.5. The van der Waals surface area contributed by atoms with Crippen LogP contribution < -0.4 is 5.32 Å². The predicted octanol–water partition coefficient (Wildman–Crippen LogP) is 4.68. The van der Waals surface area contributed by atoms with Gasteiger partial charge in [-0.3, -0.25) is 4.79 Å². The Labute approximate surface area is 136 Å². The van der Waals surface area contributed by atoms with Gasteiger partial charge in [0.25, 0.3) is 5.91 Å². The molecule has 1 amide bonds. The third-order valence-corrected chi connectivity index (χ3v) is 3.59. The van der Waals surface area contributed by atoms with Crippen molar-refractivity contribution in [2.24, 2.45) is 0 Å². The van der Waals surface area contributed by atoms with Gasteiger partial charge in [-0.15, -0.1) is 0 Å². The second-order valence-electron chi connectivity index (χ2n) is 4.25. The molecule has 0 atom stereocenters. The van der Waals surface area contributed by atoms with Crippen LogP contribution in [-0.2, 0) is 4.79 Å². The van der Waals surface area contributed by atoms with Gasteiger partial charge in [-0.1, -0.05) is 47.5 Å². The molecule has 0 aliphatic heterocycles. The van der Waals surface area contributed by atoms with Crippen molar-refractivity contribution in [3.63, 3.8) is 0 Å². The lowest BCUT2D eigenvalue weighted by Gasteiger charge is -2.07. The maximum absolute atomic E-state index is 13.6. The summed E-state index contributed by atoms with van der Waals surface area (Å²) in [6.07, 6.45) is 1.17. The van der Waals surface area contributed by atoms with Crippen LogP contribution in [0.5, 0.6) is 0 Å². The minimum absolute atomic E-state index is 0.145. The molecule has 0 unspecified atom stereocenters. The molecule has 3 nitrogen and oxygen atoms in total. The lowest BCUT2D eigenvalue weighted by Crippen LogP contribution is -2.13. The number of hydrogen-bond donors (Lipinski definition) is 1. The van der Waals surface area contributed by atoms with Crippen molar-refractivity contribution in [1.29, 1.82) is 5.26 Å². The number of nitriles is 1. The number of rotatable bonds is 3. The summed E-state index contributed by atoms with van der Waals surface area (Å²) in [6.45, 7) is 0. The number of anilines is 1. The first-order valence-corrected chi connectivity index (χ1v) is 6.90. The van der Waals surface area contributed by atoms with Crippen LogP contribution in [0.3, 0.4) is 0 Å². The maximum atomic E-state index is 13.6. The largest absolute Gasteiger partial charge is 0.320 e. The molecule has 6 heteroatoms. The van der Waals surface area contributed by atoms with E-state index in [0.29, 0.717) is 0 Å². The highest BCUT2D eigenvalue weighted by Crippen LogP contribution is 2.29. The van der Waals surface area contributed by atoms with Crippen LogP contribution in [0.25, 0.3) is 6.08 Å². The monoisotopic (exact) mass is 334 g/mol. The fraction of sp³-hybridized carbons (Fsp3) is 0. The number of carbonyl (C=O) groups excluding carboxylic acids is 1. The summed E-state index contributed by atoms with van der Waals surface area (Å²) >= 11 is 11.8. The van der Waals surface area contributed by atoms with Gasteiger partial charge in [0.05, 0.1) is 15.7 Å². The molecule has 0 spiro atoms. The highest BCUT2D eigenvalue weighted by molar-refractivity contribution is 6.44. The van der Waals surface area contributed by atoms with Crippen molar-refractivity contribution in [2.45, 2.75) is 0 Å². The average Bonchev–Trinajstić information content (AvgIpc) is 2.51. The lowest BCUT2D eigenvalue weighted by molar-refractivity contribution is -0.112. The van der Waals surface area contributed by atoms with Crippen LogP contribution in [0, 0.1) is 17.1 Å². The molecule has 0 aliphatic rings. The SMILES string of the molecule is N#C/C(=C/c1ccccc1F)C(=O)Nc1cccc(Cl)c1Cl. The molecule has 0 radical (unpaired) electrons. The second kappa shape index (κ2) is 7.08. The lowest BCUT2D eigenvalue weighted by atomic mass is 10.1. The minimum Gasteiger partial charge on any atom is -0.320 e. The molecular weight excluding hydrogens is 326 g/mol. The van der Waals surface area contributed by atoms with Crippen molar-refractivity contribution in [1.82, 2.24) is 0 Å². The Kier molecular flexibility index (Phi) is 5.16. The Balaban J connectivity index is 2.29. The summed E-state index contributed by atoms with van der Waals surface area (Å²) in [7, 11) is 0. The smallest absolute Gasteiger partial charge is 0.266 e. The van der Waals surface area contributed by atoms with Crippen LogP contribution in [0.15, 0.2) is 48.0 Å². The molecule has 110 valence electrons. The van der Waals surface area contributed by atoms with Crippen molar-refractivity contribution in [2.75, 3.05) is 5.32 Å². The molecule has 0 aliphatic carbocycles. The Morgan fingerprint density at radius 2 is 1.91 bits per heavy atom. The van der Waals surface area contributed by atoms with Crippen molar-refractivity contribution < 1.29 is 9.18 Å². The van der Waals surface area contributed by atoms with Crippen LogP contribution in [-0.4, -0.2) is 5.91 Å². The Morgan fingerprint density at radius 3 is 2.59 bits per heavy atom. The fourth-order valence-electron chi connectivity index (χ4n) is 1.69. The van der Waals surface area contributed by atoms with Crippen molar-refractivity contribution >= 4 is 40.9 Å². The van der Waals surface area contributed by atoms with Gasteiger partial charge in [-0.2, -0.15) is 5.26 Å². The second-order valence-corrected chi connectivity index (χ2v) is 5.03. The van der Waals surface area contributed by atoms with E-state index in [0.717, 1.165) is 0 Å². The number of carbonyl (C=O) groups is 1. The molecule has 0 saturated heterocycles. The molecule has 2 rings (SSSR count). The first-order chi connectivity index (χ1) is 10.5. The Bertz CT molecular complexity index is 797. The molecule has 2 aromatic carbocycles. The van der Waals surface area contributed by atoms with E-state index in [4.69, 9.17) is 28.5 Å². The summed E-state index contributed by atoms with van der Waals surface area (Å²) < 4.78 is 13.6. The van der Waals surface area contributed by atoms with E-state index in [9.17, 15) is 9.18 Å². The maximum Gasteiger partial charge on any atom is 0.266 e. The molecule has 0 fully saturated rings. The number of hydrogen-bond acceptors (Lipinski definition) is 2. The summed E-state index contributed by atoms with van der Waals surface area (Å²) in [5.41, 5.74) is 0.168. The normalized spacial score (nSPS) is 10.9. The molecule has 2 aromatic rings. The zero-order valence-electron chi connectivity index (χ0n) is 11.1. The minimum atomic E-state index is -0.699. The molecule has 0 bridgehead atoms. The number of halogens is 3. The molecule has 0 saturated carbocycles. The van der Waals surface area contributed by atoms with Crippen LogP contribution in [0.1, 0.15) is 5.56 Å². The van der Waals surface area contributed by atoms with Crippen LogP contribution in [0.4, 0.5) is 10.1 Å². The third-order valence-electron chi connectivity index (χ3n) is 2.77. The van der Waals surface area contributed by atoms with Crippen molar-refractivity contribution in [3.8, 4) is 6.07 Å². The average molecular weight is 335 g/mol. The van der Waals surface area contributed by atoms with E-state index in [2.05, 4.69) is 5.32 Å². The number of nitrogens with one attached hydrogen (secondary N) is 1. The van der Waals surface area contributed by atoms with E-state index in [1.54, 1.807) is 30.3 Å². The Morgan fingerprint density at radius 1 is 1.18 bits per heavy atom.